The van der Waals surface area contributed by atoms with E-state index in [0.29, 0.717) is 22.9 Å². The largest absolute Gasteiger partial charge is 0.495 e. The monoisotopic (exact) mass is 523 g/mol. The van der Waals surface area contributed by atoms with Gasteiger partial charge in [0.2, 0.25) is 0 Å². The number of hydrogen-bond donors (Lipinski definition) is 1. The number of benzene rings is 2. The van der Waals surface area contributed by atoms with Gasteiger partial charge in [-0.15, -0.1) is 5.10 Å². The van der Waals surface area contributed by atoms with Crippen molar-refractivity contribution < 1.29 is 9.53 Å². The summed E-state index contributed by atoms with van der Waals surface area (Å²) in [5.41, 5.74) is 6.57. The number of amides is 1. The Morgan fingerprint density at radius 3 is 2.64 bits per heavy atom. The Bertz CT molecular complexity index is 1600. The summed E-state index contributed by atoms with van der Waals surface area (Å²) in [6.07, 6.45) is 6.98. The number of aromatic nitrogens is 5. The second kappa shape index (κ2) is 10.0. The minimum absolute atomic E-state index is 0.248. The maximum Gasteiger partial charge on any atom is 0.259 e. The molecular weight excluding hydrogens is 490 g/mol. The number of aryl methyl sites for hydroxylation is 1. The second-order valence-electron chi connectivity index (χ2n) is 11.0. The summed E-state index contributed by atoms with van der Waals surface area (Å²) in [7, 11) is 1.47. The van der Waals surface area contributed by atoms with Gasteiger partial charge in [0.15, 0.2) is 0 Å². The van der Waals surface area contributed by atoms with Crippen molar-refractivity contribution in [2.75, 3.05) is 12.4 Å². The van der Waals surface area contributed by atoms with Gasteiger partial charge >= 0.3 is 0 Å². The van der Waals surface area contributed by atoms with Gasteiger partial charge in [0, 0.05) is 16.9 Å². The zero-order valence-electron chi connectivity index (χ0n) is 23.2. The van der Waals surface area contributed by atoms with E-state index in [1.54, 1.807) is 16.8 Å². The van der Waals surface area contributed by atoms with Gasteiger partial charge in [-0.05, 0) is 67.0 Å². The van der Waals surface area contributed by atoms with E-state index in [4.69, 9.17) is 4.74 Å². The number of nitriles is 1. The number of hydrogen-bond acceptors (Lipinski definition) is 6. The molecule has 0 atom stereocenters. The molecule has 0 spiro atoms. The van der Waals surface area contributed by atoms with Crippen molar-refractivity contribution in [3.05, 3.63) is 70.7 Å². The molecule has 1 amide bonds. The smallest absolute Gasteiger partial charge is 0.259 e. The van der Waals surface area contributed by atoms with E-state index < -0.39 is 0 Å². The first-order valence-electron chi connectivity index (χ1n) is 13.2. The average Bonchev–Trinajstić information content (AvgIpc) is 3.48. The minimum atomic E-state index is -0.358. The molecule has 200 valence electrons. The zero-order chi connectivity index (χ0) is 27.9. The lowest BCUT2D eigenvalue weighted by molar-refractivity contribution is 0.102. The van der Waals surface area contributed by atoms with E-state index in [-0.39, 0.29) is 17.1 Å². The van der Waals surface area contributed by atoms with E-state index in [9.17, 15) is 10.1 Å². The van der Waals surface area contributed by atoms with Crippen LogP contribution in [0.2, 0.25) is 0 Å². The summed E-state index contributed by atoms with van der Waals surface area (Å²) in [5, 5.41) is 26.1. The first-order chi connectivity index (χ1) is 18.6. The molecule has 5 rings (SSSR count). The Labute approximate surface area is 228 Å². The molecule has 0 unspecified atom stereocenters. The summed E-state index contributed by atoms with van der Waals surface area (Å²) in [5.74, 6) is -0.0988. The molecule has 0 bridgehead atoms. The fraction of sp³-hybridized carbons (Fsp3) is 0.367. The van der Waals surface area contributed by atoms with Gasteiger partial charge in [0.1, 0.15) is 17.5 Å². The number of methoxy groups -OCH3 is 1. The van der Waals surface area contributed by atoms with Crippen LogP contribution in [0.1, 0.15) is 79.3 Å². The van der Waals surface area contributed by atoms with Gasteiger partial charge in [-0.3, -0.25) is 9.48 Å². The van der Waals surface area contributed by atoms with Gasteiger partial charge in [-0.1, -0.05) is 39.0 Å². The van der Waals surface area contributed by atoms with E-state index in [0.717, 1.165) is 34.5 Å². The molecule has 0 radical (unpaired) electrons. The van der Waals surface area contributed by atoms with E-state index in [2.05, 4.69) is 38.4 Å². The van der Waals surface area contributed by atoms with Crippen LogP contribution in [0.25, 0.3) is 16.9 Å². The topological polar surface area (TPSA) is 111 Å². The first-order valence-corrected chi connectivity index (χ1v) is 13.2. The van der Waals surface area contributed by atoms with Crippen LogP contribution in [0.5, 0.6) is 5.75 Å². The maximum absolute atomic E-state index is 13.5. The van der Waals surface area contributed by atoms with Gasteiger partial charge in [0.25, 0.3) is 5.91 Å². The molecule has 1 saturated carbocycles. The van der Waals surface area contributed by atoms with Crippen LogP contribution in [0.3, 0.4) is 0 Å². The number of nitrogens with zero attached hydrogens (tertiary/aromatic N) is 6. The fourth-order valence-corrected chi connectivity index (χ4v) is 4.76. The Morgan fingerprint density at radius 2 is 2.00 bits per heavy atom. The summed E-state index contributed by atoms with van der Waals surface area (Å²) >= 11 is 0. The van der Waals surface area contributed by atoms with Gasteiger partial charge < -0.3 is 10.1 Å². The number of ether oxygens (including phenoxy) is 1. The Balaban J connectivity index is 1.46. The van der Waals surface area contributed by atoms with Crippen LogP contribution >= 0.6 is 0 Å². The number of carbonyl (C=O) groups excluding carboxylic acids is 1. The molecule has 2 aromatic heterocycles. The quantitative estimate of drug-likeness (QED) is 0.329. The van der Waals surface area contributed by atoms with Gasteiger partial charge in [-0.2, -0.15) is 10.4 Å². The van der Waals surface area contributed by atoms with Crippen molar-refractivity contribution >= 4 is 11.6 Å². The molecule has 4 aromatic rings. The molecule has 1 fully saturated rings. The van der Waals surface area contributed by atoms with E-state index >= 15 is 0 Å². The third kappa shape index (κ3) is 5.02. The highest BCUT2D eigenvalue weighted by Crippen LogP contribution is 2.38. The van der Waals surface area contributed by atoms with E-state index in [1.807, 2.05) is 58.3 Å². The highest BCUT2D eigenvalue weighted by Gasteiger charge is 2.28. The number of anilines is 1. The van der Waals surface area contributed by atoms with Crippen LogP contribution < -0.4 is 10.1 Å². The Morgan fingerprint density at radius 1 is 1.23 bits per heavy atom. The van der Waals surface area contributed by atoms with Crippen LogP contribution in [0.15, 0.2) is 42.7 Å². The molecule has 2 aromatic carbocycles. The van der Waals surface area contributed by atoms with Crippen molar-refractivity contribution in [2.45, 2.75) is 65.3 Å². The molecule has 2 heterocycles. The van der Waals surface area contributed by atoms with Crippen LogP contribution in [0.4, 0.5) is 5.69 Å². The molecule has 9 nitrogen and oxygen atoms in total. The lowest BCUT2D eigenvalue weighted by Crippen LogP contribution is -2.18. The van der Waals surface area contributed by atoms with Crippen LogP contribution in [0, 0.1) is 18.3 Å². The molecule has 0 aliphatic heterocycles. The molecule has 0 saturated heterocycles. The minimum Gasteiger partial charge on any atom is -0.495 e. The van der Waals surface area contributed by atoms with Crippen molar-refractivity contribution in [3.8, 4) is 28.8 Å². The molecular formula is C30H33N7O2. The number of nitrogens with one attached hydrogen (secondary N) is 1. The highest BCUT2D eigenvalue weighted by molar-refractivity contribution is 6.07. The third-order valence-corrected chi connectivity index (χ3v) is 7.13. The fourth-order valence-electron chi connectivity index (χ4n) is 4.76. The normalized spacial score (nSPS) is 13.3. The maximum atomic E-state index is 13.5. The van der Waals surface area contributed by atoms with Gasteiger partial charge in [0.05, 0.1) is 42.4 Å². The molecule has 1 aliphatic carbocycles. The Hall–Kier alpha value is -4.45. The zero-order valence-corrected chi connectivity index (χ0v) is 23.2. The van der Waals surface area contributed by atoms with Crippen molar-refractivity contribution in [1.82, 2.24) is 24.8 Å². The predicted molar refractivity (Wildman–Crippen MR) is 149 cm³/mol. The molecule has 1 aliphatic rings. The first kappa shape index (κ1) is 26.2. The number of rotatable bonds is 7. The standard InChI is InChI=1S/C30H33N7O2/c1-7-26-24(16-32-37(26)22-10-11-22)25-17-36(35-34-25)27-14-21(9-8-18(27)2)33-29(38)23-13-20(30(3,4)5)12-19(15-31)28(23)39-6/h8-9,12-14,16-17,22H,7,10-11H2,1-6H3,(H,33,38). The second-order valence-corrected chi connectivity index (χ2v) is 11.0. The molecule has 1 N–H and O–H groups in total. The summed E-state index contributed by atoms with van der Waals surface area (Å²) < 4.78 is 9.32. The number of carbonyl (C=O) groups is 1. The summed E-state index contributed by atoms with van der Waals surface area (Å²) in [6.45, 7) is 10.2. The van der Waals surface area contributed by atoms with Crippen molar-refractivity contribution in [2.24, 2.45) is 0 Å². The molecule has 39 heavy (non-hydrogen) atoms. The van der Waals surface area contributed by atoms with Crippen molar-refractivity contribution in [3.63, 3.8) is 0 Å². The van der Waals surface area contributed by atoms with E-state index in [1.165, 1.54) is 25.6 Å². The summed E-state index contributed by atoms with van der Waals surface area (Å²) in [6, 6.07) is 11.9. The van der Waals surface area contributed by atoms with Crippen LogP contribution in [-0.2, 0) is 11.8 Å². The lowest BCUT2D eigenvalue weighted by Gasteiger charge is -2.22. The Kier molecular flexibility index (Phi) is 6.73. The van der Waals surface area contributed by atoms with Gasteiger partial charge in [-0.25, -0.2) is 4.68 Å². The van der Waals surface area contributed by atoms with Crippen LogP contribution in [-0.4, -0.2) is 37.8 Å². The van der Waals surface area contributed by atoms with Crippen molar-refractivity contribution in [1.29, 1.82) is 5.26 Å². The lowest BCUT2D eigenvalue weighted by atomic mass is 9.84. The summed E-state index contributed by atoms with van der Waals surface area (Å²) in [4.78, 5) is 13.5. The average molecular weight is 524 g/mol. The third-order valence-electron chi connectivity index (χ3n) is 7.13. The predicted octanol–water partition coefficient (Wildman–Crippen LogP) is 5.77. The molecule has 9 heteroatoms. The highest BCUT2D eigenvalue weighted by atomic mass is 16.5. The SMILES string of the molecule is CCc1c(-c2cn(-c3cc(NC(=O)c4cc(C(C)(C)C)cc(C#N)c4OC)ccc3C)nn2)cnn1C1CC1.